The van der Waals surface area contributed by atoms with Crippen LogP contribution in [-0.2, 0) is 0 Å². The Balaban J connectivity index is 0.00000338. The van der Waals surface area contributed by atoms with Crippen molar-refractivity contribution in [3.05, 3.63) is 11.6 Å². The summed E-state index contributed by atoms with van der Waals surface area (Å²) in [5.74, 6) is 1.84. The van der Waals surface area contributed by atoms with E-state index in [2.05, 4.69) is 5.32 Å². The van der Waals surface area contributed by atoms with Gasteiger partial charge in [0.05, 0.1) is 33.5 Å². The number of hydrogen-bond donors (Lipinski definition) is 1. The van der Waals surface area contributed by atoms with E-state index in [9.17, 15) is 4.79 Å². The van der Waals surface area contributed by atoms with Gasteiger partial charge >= 0.3 is 0 Å². The predicted molar refractivity (Wildman–Crippen MR) is 102 cm³/mol. The van der Waals surface area contributed by atoms with Crippen LogP contribution in [0.4, 0.5) is 0 Å². The van der Waals surface area contributed by atoms with E-state index < -0.39 is 0 Å². The van der Waals surface area contributed by atoms with Crippen LogP contribution in [0.5, 0.6) is 23.0 Å². The number of nitrogens with zero attached hydrogens (tertiary/aromatic N) is 1. The minimum absolute atomic E-state index is 0. The topological polar surface area (TPSA) is 69.3 Å². The number of hydrogen-bond acceptors (Lipinski definition) is 6. The van der Waals surface area contributed by atoms with Crippen LogP contribution in [0.1, 0.15) is 24.2 Å². The molecule has 1 aliphatic heterocycles. The van der Waals surface area contributed by atoms with Crippen molar-refractivity contribution in [2.45, 2.75) is 13.8 Å². The van der Waals surface area contributed by atoms with Gasteiger partial charge in [0.2, 0.25) is 11.5 Å². The molecule has 1 aromatic rings. The lowest BCUT2D eigenvalue weighted by molar-refractivity contribution is 0.0729. The van der Waals surface area contributed by atoms with Crippen LogP contribution in [0.15, 0.2) is 6.07 Å². The lowest BCUT2D eigenvalue weighted by Crippen LogP contribution is -2.46. The number of benzene rings is 1. The van der Waals surface area contributed by atoms with Gasteiger partial charge in [0, 0.05) is 32.2 Å². The molecule has 7 nitrogen and oxygen atoms in total. The molecule has 0 aromatic heterocycles. The van der Waals surface area contributed by atoms with Gasteiger partial charge in [-0.15, -0.1) is 12.4 Å². The van der Waals surface area contributed by atoms with Crippen molar-refractivity contribution in [3.8, 4) is 23.0 Å². The Morgan fingerprint density at radius 1 is 1.08 bits per heavy atom. The maximum atomic E-state index is 13.1. The summed E-state index contributed by atoms with van der Waals surface area (Å²) in [5.41, 5.74) is 0.428. The second-order valence-corrected chi connectivity index (χ2v) is 6.27. The molecule has 0 saturated carbocycles. The maximum absolute atomic E-state index is 13.1. The summed E-state index contributed by atoms with van der Waals surface area (Å²) in [6.07, 6.45) is 0. The summed E-state index contributed by atoms with van der Waals surface area (Å²) in [5, 5.41) is 3.24. The molecule has 8 heteroatoms. The minimum atomic E-state index is -0.0977. The molecule has 0 unspecified atom stereocenters. The second kappa shape index (κ2) is 10.3. The SMILES string of the molecule is COc1cc(C(=O)N2CCNCC2)c(OCC(C)C)c(OC)c1OC.Cl. The Labute approximate surface area is 161 Å². The standard InChI is InChI=1S/C18H28N2O5.ClH/c1-12(2)11-25-15-13(18(21)20-8-6-19-7-9-20)10-14(22-3)16(23-4)17(15)24-5;/h10,12,19H,6-9,11H2,1-5H3;1H. The van der Waals surface area contributed by atoms with E-state index in [4.69, 9.17) is 18.9 Å². The van der Waals surface area contributed by atoms with Crippen molar-refractivity contribution in [2.24, 2.45) is 5.92 Å². The van der Waals surface area contributed by atoms with E-state index in [1.165, 1.54) is 21.3 Å². The van der Waals surface area contributed by atoms with Crippen LogP contribution < -0.4 is 24.3 Å². The first-order valence-electron chi connectivity index (χ1n) is 8.49. The maximum Gasteiger partial charge on any atom is 0.258 e. The zero-order chi connectivity index (χ0) is 18.4. The molecule has 1 aromatic carbocycles. The van der Waals surface area contributed by atoms with Crippen molar-refractivity contribution < 1.29 is 23.7 Å². The molecule has 0 atom stereocenters. The lowest BCUT2D eigenvalue weighted by Gasteiger charge is -2.29. The van der Waals surface area contributed by atoms with Crippen LogP contribution in [-0.4, -0.2) is 64.9 Å². The molecule has 0 spiro atoms. The van der Waals surface area contributed by atoms with Gasteiger partial charge in [-0.25, -0.2) is 0 Å². The molecule has 0 bridgehead atoms. The highest BCUT2D eigenvalue weighted by Gasteiger charge is 2.29. The lowest BCUT2D eigenvalue weighted by atomic mass is 10.1. The third kappa shape index (κ3) is 4.86. The van der Waals surface area contributed by atoms with Gasteiger partial charge < -0.3 is 29.2 Å². The van der Waals surface area contributed by atoms with Gasteiger partial charge in [-0.05, 0) is 5.92 Å². The number of ether oxygens (including phenoxy) is 4. The molecule has 1 fully saturated rings. The Bertz CT molecular complexity index is 604. The van der Waals surface area contributed by atoms with E-state index in [0.717, 1.165) is 13.1 Å². The van der Waals surface area contributed by atoms with Crippen LogP contribution in [0.2, 0.25) is 0 Å². The summed E-state index contributed by atoms with van der Waals surface area (Å²) in [7, 11) is 4.59. The molecule has 148 valence electrons. The number of carbonyl (C=O) groups is 1. The number of amides is 1. The predicted octanol–water partition coefficient (Wildman–Crippen LogP) is 2.21. The molecular formula is C18H29ClN2O5. The molecule has 0 radical (unpaired) electrons. The molecule has 1 aliphatic rings. The Morgan fingerprint density at radius 2 is 1.69 bits per heavy atom. The molecule has 1 amide bonds. The van der Waals surface area contributed by atoms with Crippen molar-refractivity contribution in [2.75, 3.05) is 54.1 Å². The highest BCUT2D eigenvalue weighted by Crippen LogP contribution is 2.47. The fourth-order valence-electron chi connectivity index (χ4n) is 2.72. The Morgan fingerprint density at radius 3 is 2.19 bits per heavy atom. The number of carbonyl (C=O) groups excluding carboxylic acids is 1. The van der Waals surface area contributed by atoms with Gasteiger partial charge in [0.1, 0.15) is 0 Å². The molecule has 1 heterocycles. The van der Waals surface area contributed by atoms with Crippen molar-refractivity contribution in [3.63, 3.8) is 0 Å². The van der Waals surface area contributed by atoms with Gasteiger partial charge in [-0.1, -0.05) is 13.8 Å². The number of nitrogens with one attached hydrogen (secondary N) is 1. The van der Waals surface area contributed by atoms with E-state index in [-0.39, 0.29) is 18.3 Å². The summed E-state index contributed by atoms with van der Waals surface area (Å²) in [6.45, 7) is 7.42. The first kappa shape index (κ1) is 22.2. The fraction of sp³-hybridized carbons (Fsp3) is 0.611. The molecule has 1 N–H and O–H groups in total. The fourth-order valence-corrected chi connectivity index (χ4v) is 2.72. The van der Waals surface area contributed by atoms with Gasteiger partial charge in [0.25, 0.3) is 5.91 Å². The first-order chi connectivity index (χ1) is 12.0. The second-order valence-electron chi connectivity index (χ2n) is 6.27. The average molecular weight is 389 g/mol. The van der Waals surface area contributed by atoms with Crippen LogP contribution in [0.3, 0.4) is 0 Å². The van der Waals surface area contributed by atoms with Crippen LogP contribution >= 0.6 is 12.4 Å². The van der Waals surface area contributed by atoms with Gasteiger partial charge in [-0.2, -0.15) is 0 Å². The number of methoxy groups -OCH3 is 3. The molecular weight excluding hydrogens is 360 g/mol. The summed E-state index contributed by atoms with van der Waals surface area (Å²) in [6, 6.07) is 1.67. The number of halogens is 1. The van der Waals surface area contributed by atoms with E-state index in [1.54, 1.807) is 11.0 Å². The zero-order valence-corrected chi connectivity index (χ0v) is 16.9. The highest BCUT2D eigenvalue weighted by atomic mass is 35.5. The van der Waals surface area contributed by atoms with Crippen molar-refractivity contribution in [1.29, 1.82) is 0 Å². The van der Waals surface area contributed by atoms with Crippen LogP contribution in [0, 0.1) is 5.92 Å². The highest BCUT2D eigenvalue weighted by molar-refractivity contribution is 5.99. The van der Waals surface area contributed by atoms with E-state index in [0.29, 0.717) is 54.2 Å². The molecule has 2 rings (SSSR count). The Hall–Kier alpha value is -1.86. The quantitative estimate of drug-likeness (QED) is 0.772. The van der Waals surface area contributed by atoms with Crippen LogP contribution in [0.25, 0.3) is 0 Å². The van der Waals surface area contributed by atoms with Gasteiger partial charge in [-0.3, -0.25) is 4.79 Å². The monoisotopic (exact) mass is 388 g/mol. The molecule has 1 saturated heterocycles. The van der Waals surface area contributed by atoms with Crippen molar-refractivity contribution >= 4 is 18.3 Å². The largest absolute Gasteiger partial charge is 0.493 e. The van der Waals surface area contributed by atoms with E-state index in [1.807, 2.05) is 13.8 Å². The summed E-state index contributed by atoms with van der Waals surface area (Å²) >= 11 is 0. The third-order valence-electron chi connectivity index (χ3n) is 3.98. The normalized spacial score (nSPS) is 13.8. The zero-order valence-electron chi connectivity index (χ0n) is 16.1. The average Bonchev–Trinajstić information content (AvgIpc) is 2.64. The number of rotatable bonds is 7. The summed E-state index contributed by atoms with van der Waals surface area (Å²) in [4.78, 5) is 14.9. The third-order valence-corrected chi connectivity index (χ3v) is 3.98. The summed E-state index contributed by atoms with van der Waals surface area (Å²) < 4.78 is 22.3. The van der Waals surface area contributed by atoms with Crippen molar-refractivity contribution in [1.82, 2.24) is 10.2 Å². The smallest absolute Gasteiger partial charge is 0.258 e. The molecule has 26 heavy (non-hydrogen) atoms. The molecule has 0 aliphatic carbocycles. The Kier molecular flexibility index (Phi) is 8.81. The van der Waals surface area contributed by atoms with Gasteiger partial charge in [0.15, 0.2) is 11.5 Å². The number of piperazine rings is 1. The van der Waals surface area contributed by atoms with E-state index >= 15 is 0 Å². The first-order valence-corrected chi connectivity index (χ1v) is 8.49. The minimum Gasteiger partial charge on any atom is -0.493 e.